The van der Waals surface area contributed by atoms with Crippen molar-refractivity contribution >= 4 is 0 Å². The molecule has 0 spiro atoms. The molecule has 1 unspecified atom stereocenters. The van der Waals surface area contributed by atoms with Gasteiger partial charge in [0, 0.05) is 24.7 Å². The van der Waals surface area contributed by atoms with E-state index in [2.05, 4.69) is 37.6 Å². The third-order valence-corrected chi connectivity index (χ3v) is 3.51. The summed E-state index contributed by atoms with van der Waals surface area (Å²) in [5, 5.41) is 12.9. The second-order valence-corrected chi connectivity index (χ2v) is 6.51. The fourth-order valence-corrected chi connectivity index (χ4v) is 2.38. The van der Waals surface area contributed by atoms with E-state index in [0.29, 0.717) is 6.04 Å². The van der Waals surface area contributed by atoms with Gasteiger partial charge in [-0.05, 0) is 45.7 Å². The summed E-state index contributed by atoms with van der Waals surface area (Å²) in [6.45, 7) is 13.8. The highest BCUT2D eigenvalue weighted by molar-refractivity contribution is 5.02. The lowest BCUT2D eigenvalue weighted by molar-refractivity contribution is 0.132. The van der Waals surface area contributed by atoms with Crippen LogP contribution in [-0.4, -0.2) is 47.8 Å². The third kappa shape index (κ3) is 5.98. The number of rotatable bonds is 5. The number of aliphatic hydroxyl groups excluding tert-OH is 1. The van der Waals surface area contributed by atoms with Crippen molar-refractivity contribution in [1.82, 2.24) is 10.2 Å². The van der Waals surface area contributed by atoms with Crippen LogP contribution in [0.4, 0.5) is 0 Å². The summed E-state index contributed by atoms with van der Waals surface area (Å²) in [5.74, 6) is 0. The molecule has 1 saturated heterocycles. The van der Waals surface area contributed by atoms with E-state index in [-0.39, 0.29) is 12.1 Å². The molecule has 0 saturated carbocycles. The molecule has 0 radical (unpaired) electrons. The lowest BCUT2D eigenvalue weighted by Gasteiger charge is -2.30. The molecule has 1 rings (SSSR count). The van der Waals surface area contributed by atoms with E-state index in [4.69, 9.17) is 0 Å². The van der Waals surface area contributed by atoms with E-state index in [1.807, 2.05) is 0 Å². The van der Waals surface area contributed by atoms with Crippen LogP contribution < -0.4 is 5.32 Å². The van der Waals surface area contributed by atoms with E-state index in [1.54, 1.807) is 0 Å². The zero-order valence-corrected chi connectivity index (χ0v) is 12.3. The molecule has 0 aromatic heterocycles. The Hall–Kier alpha value is -0.380. The molecule has 0 aromatic rings. The molecule has 2 N–H and O–H groups in total. The van der Waals surface area contributed by atoms with Gasteiger partial charge in [-0.1, -0.05) is 19.4 Å². The van der Waals surface area contributed by atoms with Crippen LogP contribution in [0.25, 0.3) is 0 Å². The average Bonchev–Trinajstić information content (AvgIpc) is 2.50. The molecular formula is C15H30N2O. The summed E-state index contributed by atoms with van der Waals surface area (Å²) >= 11 is 0. The highest BCUT2D eigenvalue weighted by Gasteiger charge is 2.20. The van der Waals surface area contributed by atoms with Crippen LogP contribution in [0.2, 0.25) is 0 Å². The van der Waals surface area contributed by atoms with Crippen LogP contribution >= 0.6 is 0 Å². The van der Waals surface area contributed by atoms with Crippen molar-refractivity contribution in [2.45, 2.75) is 58.0 Å². The van der Waals surface area contributed by atoms with Crippen molar-refractivity contribution in [2.75, 3.05) is 26.2 Å². The molecule has 0 aromatic carbocycles. The van der Waals surface area contributed by atoms with Gasteiger partial charge in [-0.15, -0.1) is 0 Å². The number of likely N-dealkylation sites (tertiary alicyclic amines) is 1. The van der Waals surface area contributed by atoms with E-state index in [9.17, 15) is 5.11 Å². The van der Waals surface area contributed by atoms with Gasteiger partial charge in [-0.2, -0.15) is 0 Å². The van der Waals surface area contributed by atoms with Gasteiger partial charge in [0.1, 0.15) is 0 Å². The molecule has 1 heterocycles. The predicted molar refractivity (Wildman–Crippen MR) is 77.8 cm³/mol. The van der Waals surface area contributed by atoms with Gasteiger partial charge < -0.3 is 10.4 Å². The van der Waals surface area contributed by atoms with E-state index in [0.717, 1.165) is 26.1 Å². The first-order valence-corrected chi connectivity index (χ1v) is 7.19. The van der Waals surface area contributed by atoms with Gasteiger partial charge >= 0.3 is 0 Å². The number of hydrogen-bond donors (Lipinski definition) is 2. The Balaban J connectivity index is 2.40. The second-order valence-electron chi connectivity index (χ2n) is 6.51. The van der Waals surface area contributed by atoms with E-state index in [1.165, 1.54) is 24.8 Å². The average molecular weight is 254 g/mol. The van der Waals surface area contributed by atoms with Gasteiger partial charge in [0.2, 0.25) is 0 Å². The van der Waals surface area contributed by atoms with Crippen LogP contribution in [0, 0.1) is 0 Å². The summed E-state index contributed by atoms with van der Waals surface area (Å²) in [6.07, 6.45) is 4.90. The summed E-state index contributed by atoms with van der Waals surface area (Å²) in [7, 11) is 0. The van der Waals surface area contributed by atoms with Gasteiger partial charge in [-0.3, -0.25) is 4.90 Å². The number of nitrogens with one attached hydrogen (secondary N) is 1. The van der Waals surface area contributed by atoms with Crippen molar-refractivity contribution in [3.8, 4) is 0 Å². The van der Waals surface area contributed by atoms with Gasteiger partial charge in [-0.25, -0.2) is 0 Å². The van der Waals surface area contributed by atoms with Crippen molar-refractivity contribution in [3.05, 3.63) is 12.2 Å². The molecule has 3 nitrogen and oxygen atoms in total. The Bertz CT molecular complexity index is 258. The zero-order chi connectivity index (χ0) is 13.6. The SMILES string of the molecule is C=C(CNC(C)(C)C)CN1CCCCCC1CO. The molecule has 106 valence electrons. The Morgan fingerprint density at radius 1 is 1.33 bits per heavy atom. The van der Waals surface area contributed by atoms with Crippen LogP contribution in [-0.2, 0) is 0 Å². The maximum Gasteiger partial charge on any atom is 0.0586 e. The molecule has 0 bridgehead atoms. The minimum absolute atomic E-state index is 0.137. The smallest absolute Gasteiger partial charge is 0.0586 e. The standard InChI is InChI=1S/C15H30N2O/c1-13(10-16-15(2,3)4)11-17-9-7-5-6-8-14(17)12-18/h14,16,18H,1,5-12H2,2-4H3. The van der Waals surface area contributed by atoms with Gasteiger partial charge in [0.25, 0.3) is 0 Å². The molecule has 0 aliphatic carbocycles. The Kier molecular flexibility index (Phi) is 6.33. The number of hydrogen-bond acceptors (Lipinski definition) is 3. The quantitative estimate of drug-likeness (QED) is 0.738. The van der Waals surface area contributed by atoms with Crippen LogP contribution in [0.3, 0.4) is 0 Å². The number of nitrogens with zero attached hydrogens (tertiary/aromatic N) is 1. The number of aliphatic hydroxyl groups is 1. The molecule has 0 amide bonds. The molecule has 3 heteroatoms. The normalized spacial score (nSPS) is 22.8. The summed E-state index contributed by atoms with van der Waals surface area (Å²) < 4.78 is 0. The first-order valence-electron chi connectivity index (χ1n) is 7.19. The van der Waals surface area contributed by atoms with Crippen LogP contribution in [0.5, 0.6) is 0 Å². The first-order chi connectivity index (χ1) is 8.42. The Morgan fingerprint density at radius 3 is 2.67 bits per heavy atom. The monoisotopic (exact) mass is 254 g/mol. The molecule has 1 aliphatic rings. The third-order valence-electron chi connectivity index (χ3n) is 3.51. The largest absolute Gasteiger partial charge is 0.395 e. The summed E-state index contributed by atoms with van der Waals surface area (Å²) in [5.41, 5.74) is 1.35. The molecule has 18 heavy (non-hydrogen) atoms. The Labute approximate surface area is 112 Å². The fraction of sp³-hybridized carbons (Fsp3) is 0.867. The Morgan fingerprint density at radius 2 is 2.06 bits per heavy atom. The minimum Gasteiger partial charge on any atom is -0.395 e. The molecular weight excluding hydrogens is 224 g/mol. The van der Waals surface area contributed by atoms with Gasteiger partial charge in [0.05, 0.1) is 6.61 Å². The van der Waals surface area contributed by atoms with Crippen molar-refractivity contribution in [2.24, 2.45) is 0 Å². The fourth-order valence-electron chi connectivity index (χ4n) is 2.38. The lowest BCUT2D eigenvalue weighted by atomic mass is 10.1. The second kappa shape index (κ2) is 7.27. The van der Waals surface area contributed by atoms with Crippen LogP contribution in [0.1, 0.15) is 46.5 Å². The maximum absolute atomic E-state index is 9.47. The van der Waals surface area contributed by atoms with Crippen LogP contribution in [0.15, 0.2) is 12.2 Å². The maximum atomic E-state index is 9.47. The topological polar surface area (TPSA) is 35.5 Å². The molecule has 1 aliphatic heterocycles. The van der Waals surface area contributed by atoms with E-state index < -0.39 is 0 Å². The zero-order valence-electron chi connectivity index (χ0n) is 12.3. The summed E-state index contributed by atoms with van der Waals surface area (Å²) in [6, 6.07) is 0.332. The molecule has 1 fully saturated rings. The highest BCUT2D eigenvalue weighted by Crippen LogP contribution is 2.17. The van der Waals surface area contributed by atoms with E-state index >= 15 is 0 Å². The van der Waals surface area contributed by atoms with Crippen molar-refractivity contribution in [3.63, 3.8) is 0 Å². The molecule has 1 atom stereocenters. The summed E-state index contributed by atoms with van der Waals surface area (Å²) in [4.78, 5) is 2.40. The van der Waals surface area contributed by atoms with Crippen molar-refractivity contribution < 1.29 is 5.11 Å². The predicted octanol–water partition coefficient (Wildman–Crippen LogP) is 2.17. The minimum atomic E-state index is 0.137. The van der Waals surface area contributed by atoms with Crippen molar-refractivity contribution in [1.29, 1.82) is 0 Å². The lowest BCUT2D eigenvalue weighted by Crippen LogP contribution is -2.42. The highest BCUT2D eigenvalue weighted by atomic mass is 16.3. The first kappa shape index (κ1) is 15.7. The van der Waals surface area contributed by atoms with Gasteiger partial charge in [0.15, 0.2) is 0 Å².